The van der Waals surface area contributed by atoms with E-state index in [1.165, 1.54) is 0 Å². The summed E-state index contributed by atoms with van der Waals surface area (Å²) >= 11 is 8.70. The molecule has 1 unspecified atom stereocenters. The van der Waals surface area contributed by atoms with E-state index in [1.807, 2.05) is 24.3 Å². The van der Waals surface area contributed by atoms with Crippen molar-refractivity contribution in [3.05, 3.63) is 48.3 Å². The number of hydrogen-bond donors (Lipinski definition) is 2. The van der Waals surface area contributed by atoms with Crippen molar-refractivity contribution in [3.63, 3.8) is 0 Å². The maximum absolute atomic E-state index is 5.70. The van der Waals surface area contributed by atoms with Gasteiger partial charge in [-0.2, -0.15) is 25.3 Å². The lowest BCUT2D eigenvalue weighted by molar-refractivity contribution is 0.101. The van der Waals surface area contributed by atoms with Gasteiger partial charge in [-0.15, -0.1) is 0 Å². The van der Waals surface area contributed by atoms with Crippen LogP contribution in [0.1, 0.15) is 6.42 Å². The molecule has 74 valence electrons. The van der Waals surface area contributed by atoms with Crippen LogP contribution in [0.2, 0.25) is 0 Å². The van der Waals surface area contributed by atoms with Gasteiger partial charge >= 0.3 is 0 Å². The predicted molar refractivity (Wildman–Crippen MR) is 65.7 cm³/mol. The highest BCUT2D eigenvalue weighted by Gasteiger charge is 2.36. The Morgan fingerprint density at radius 1 is 1.29 bits per heavy atom. The molecule has 0 aromatic heterocycles. The van der Waals surface area contributed by atoms with Crippen LogP contribution < -0.4 is 0 Å². The molecule has 1 spiro atoms. The van der Waals surface area contributed by atoms with Crippen LogP contribution in [0.4, 0.5) is 0 Å². The first-order chi connectivity index (χ1) is 6.75. The summed E-state index contributed by atoms with van der Waals surface area (Å²) in [7, 11) is 0. The van der Waals surface area contributed by atoms with Crippen LogP contribution in [-0.4, -0.2) is 10.2 Å². The standard InChI is InChI=1S/C11H12OS2/c13-10(14)9-5-1-2-6-11(9)7-3-4-8-12-11/h1-5,7-8,10,13-14H,6H2. The van der Waals surface area contributed by atoms with E-state index in [-0.39, 0.29) is 10.2 Å². The fourth-order valence-electron chi connectivity index (χ4n) is 1.72. The van der Waals surface area contributed by atoms with Gasteiger partial charge in [0.15, 0.2) is 5.60 Å². The molecule has 0 N–H and O–H groups in total. The zero-order valence-electron chi connectivity index (χ0n) is 7.63. The van der Waals surface area contributed by atoms with Gasteiger partial charge in [-0.1, -0.05) is 24.3 Å². The van der Waals surface area contributed by atoms with Gasteiger partial charge in [0, 0.05) is 6.42 Å². The van der Waals surface area contributed by atoms with Crippen molar-refractivity contribution in [3.8, 4) is 0 Å². The first kappa shape index (κ1) is 9.99. The molecular weight excluding hydrogens is 212 g/mol. The van der Waals surface area contributed by atoms with Crippen molar-refractivity contribution in [2.45, 2.75) is 16.6 Å². The van der Waals surface area contributed by atoms with Gasteiger partial charge in [0.05, 0.1) is 10.8 Å². The molecule has 3 heteroatoms. The second-order valence-electron chi connectivity index (χ2n) is 3.32. The second-order valence-corrected chi connectivity index (χ2v) is 4.76. The van der Waals surface area contributed by atoms with E-state index in [4.69, 9.17) is 4.74 Å². The van der Waals surface area contributed by atoms with Gasteiger partial charge in [-0.25, -0.2) is 0 Å². The Morgan fingerprint density at radius 3 is 2.79 bits per heavy atom. The molecular formula is C11H12OS2. The molecule has 1 aliphatic carbocycles. The normalized spacial score (nSPS) is 29.5. The van der Waals surface area contributed by atoms with E-state index in [9.17, 15) is 0 Å². The van der Waals surface area contributed by atoms with Gasteiger partial charge in [-0.05, 0) is 17.7 Å². The number of allylic oxidation sites excluding steroid dienone is 4. The Balaban J connectivity index is 2.35. The summed E-state index contributed by atoms with van der Waals surface area (Å²) in [6, 6.07) is 0. The summed E-state index contributed by atoms with van der Waals surface area (Å²) in [6.45, 7) is 0. The van der Waals surface area contributed by atoms with Crippen molar-refractivity contribution in [1.29, 1.82) is 0 Å². The predicted octanol–water partition coefficient (Wildman–Crippen LogP) is 2.90. The average Bonchev–Trinajstić information content (AvgIpc) is 2.19. The third-order valence-corrected chi connectivity index (χ3v) is 2.99. The van der Waals surface area contributed by atoms with E-state index in [2.05, 4.69) is 37.4 Å². The van der Waals surface area contributed by atoms with E-state index in [0.29, 0.717) is 0 Å². The smallest absolute Gasteiger partial charge is 0.153 e. The highest BCUT2D eigenvalue weighted by molar-refractivity contribution is 7.99. The minimum Gasteiger partial charge on any atom is -0.486 e. The first-order valence-electron chi connectivity index (χ1n) is 4.50. The SMILES string of the molecule is SC(S)C1=CC=CCC12C=CC=CO2. The van der Waals surface area contributed by atoms with Crippen molar-refractivity contribution >= 4 is 25.3 Å². The number of rotatable bonds is 1. The quantitative estimate of drug-likeness (QED) is 0.514. The summed E-state index contributed by atoms with van der Waals surface area (Å²) in [5.74, 6) is 0. The minimum absolute atomic E-state index is 0.0869. The van der Waals surface area contributed by atoms with Crippen LogP contribution in [-0.2, 0) is 4.74 Å². The molecule has 2 rings (SSSR count). The zero-order valence-corrected chi connectivity index (χ0v) is 9.42. The summed E-state index contributed by atoms with van der Waals surface area (Å²) in [6.07, 6.45) is 14.6. The van der Waals surface area contributed by atoms with Crippen molar-refractivity contribution in [2.75, 3.05) is 0 Å². The Bertz CT molecular complexity index is 335. The molecule has 1 nitrogen and oxygen atoms in total. The molecule has 0 bridgehead atoms. The van der Waals surface area contributed by atoms with Crippen molar-refractivity contribution in [2.24, 2.45) is 0 Å². The lowest BCUT2D eigenvalue weighted by Gasteiger charge is -2.36. The van der Waals surface area contributed by atoms with E-state index in [0.717, 1.165) is 12.0 Å². The Labute approximate surface area is 95.0 Å². The maximum Gasteiger partial charge on any atom is 0.153 e. The summed E-state index contributed by atoms with van der Waals surface area (Å²) in [5.41, 5.74) is 0.741. The Hall–Kier alpha value is -0.540. The van der Waals surface area contributed by atoms with Gasteiger partial charge in [-0.3, -0.25) is 0 Å². The third-order valence-electron chi connectivity index (χ3n) is 2.43. The lowest BCUT2D eigenvalue weighted by atomic mass is 9.86. The molecule has 2 aliphatic rings. The van der Waals surface area contributed by atoms with Gasteiger partial charge < -0.3 is 4.74 Å². The third kappa shape index (κ3) is 1.66. The van der Waals surface area contributed by atoms with Crippen LogP contribution in [0.15, 0.2) is 48.3 Å². The molecule has 0 amide bonds. The molecule has 0 aromatic carbocycles. The molecule has 1 atom stereocenters. The monoisotopic (exact) mass is 224 g/mol. The molecule has 1 heterocycles. The fourth-order valence-corrected chi connectivity index (χ4v) is 2.32. The highest BCUT2D eigenvalue weighted by atomic mass is 32.2. The van der Waals surface area contributed by atoms with Crippen LogP contribution in [0, 0.1) is 0 Å². The topological polar surface area (TPSA) is 9.23 Å². The summed E-state index contributed by atoms with van der Waals surface area (Å²) < 4.78 is 5.61. The molecule has 0 aromatic rings. The summed E-state index contributed by atoms with van der Waals surface area (Å²) in [5, 5.41) is 0. The van der Waals surface area contributed by atoms with Crippen LogP contribution in [0.25, 0.3) is 0 Å². The van der Waals surface area contributed by atoms with E-state index >= 15 is 0 Å². The maximum atomic E-state index is 5.70. The van der Waals surface area contributed by atoms with E-state index in [1.54, 1.807) is 6.26 Å². The van der Waals surface area contributed by atoms with Gasteiger partial charge in [0.25, 0.3) is 0 Å². The number of hydrogen-bond acceptors (Lipinski definition) is 3. The molecule has 0 fully saturated rings. The Kier molecular flexibility index (Phi) is 2.79. The van der Waals surface area contributed by atoms with Crippen LogP contribution in [0.3, 0.4) is 0 Å². The molecule has 0 radical (unpaired) electrons. The summed E-state index contributed by atoms with van der Waals surface area (Å²) in [4.78, 5) is 0. The number of thiol groups is 2. The highest BCUT2D eigenvalue weighted by Crippen LogP contribution is 2.37. The number of ether oxygens (including phenoxy) is 1. The van der Waals surface area contributed by atoms with Crippen LogP contribution >= 0.6 is 25.3 Å². The fraction of sp³-hybridized carbons (Fsp3) is 0.273. The first-order valence-corrected chi connectivity index (χ1v) is 5.53. The largest absolute Gasteiger partial charge is 0.486 e. The minimum atomic E-state index is -0.350. The molecule has 0 saturated heterocycles. The molecule has 14 heavy (non-hydrogen) atoms. The average molecular weight is 224 g/mol. The molecule has 1 aliphatic heterocycles. The van der Waals surface area contributed by atoms with Crippen molar-refractivity contribution < 1.29 is 4.74 Å². The lowest BCUT2D eigenvalue weighted by Crippen LogP contribution is -2.35. The van der Waals surface area contributed by atoms with Crippen LogP contribution in [0.5, 0.6) is 0 Å². The van der Waals surface area contributed by atoms with Gasteiger partial charge in [0.1, 0.15) is 0 Å². The second kappa shape index (κ2) is 3.91. The van der Waals surface area contributed by atoms with Gasteiger partial charge in [0.2, 0.25) is 0 Å². The van der Waals surface area contributed by atoms with Crippen molar-refractivity contribution in [1.82, 2.24) is 0 Å². The zero-order chi connectivity index (χ0) is 10.0. The molecule has 0 saturated carbocycles. The van der Waals surface area contributed by atoms with E-state index < -0.39 is 0 Å². The Morgan fingerprint density at radius 2 is 2.14 bits per heavy atom.